The molecule has 0 spiro atoms. The number of aromatic nitrogens is 1. The Morgan fingerprint density at radius 3 is 2.70 bits per heavy atom. The van der Waals surface area contributed by atoms with Crippen molar-refractivity contribution in [1.82, 2.24) is 10.3 Å². The fraction of sp³-hybridized carbons (Fsp3) is 0.200. The highest BCUT2D eigenvalue weighted by Crippen LogP contribution is 2.25. The quantitative estimate of drug-likeness (QED) is 0.605. The monoisotopic (exact) mass is 386 g/mol. The Labute approximate surface area is 161 Å². The van der Waals surface area contributed by atoms with Crippen molar-refractivity contribution in [2.24, 2.45) is 0 Å². The Balaban J connectivity index is 1.54. The number of ether oxygens (including phenoxy) is 1. The number of aliphatic hydroxyl groups is 2. The summed E-state index contributed by atoms with van der Waals surface area (Å²) < 4.78 is 5.07. The summed E-state index contributed by atoms with van der Waals surface area (Å²) in [6.07, 6.45) is -1.49. The van der Waals surface area contributed by atoms with Crippen LogP contribution in [-0.2, 0) is 11.3 Å². The second-order valence-corrected chi connectivity index (χ2v) is 6.43. The van der Waals surface area contributed by atoms with Crippen molar-refractivity contribution in [3.8, 4) is 0 Å². The minimum absolute atomic E-state index is 0.127. The van der Waals surface area contributed by atoms with Crippen LogP contribution in [0.3, 0.4) is 0 Å². The lowest BCUT2D eigenvalue weighted by atomic mass is 10.0. The van der Waals surface area contributed by atoms with Gasteiger partial charge < -0.3 is 20.3 Å². The Morgan fingerprint density at radius 1 is 1.15 bits per heavy atom. The zero-order valence-electron chi connectivity index (χ0n) is 14.4. The van der Waals surface area contributed by atoms with E-state index in [1.807, 2.05) is 30.3 Å². The number of nitrogens with one attached hydrogen (secondary N) is 1. The van der Waals surface area contributed by atoms with E-state index < -0.39 is 18.3 Å². The molecule has 27 heavy (non-hydrogen) atoms. The number of pyridine rings is 1. The number of nitrogens with zero attached hydrogens (tertiary/aromatic N) is 1. The van der Waals surface area contributed by atoms with Gasteiger partial charge in [0.2, 0.25) is 0 Å². The van der Waals surface area contributed by atoms with E-state index in [1.165, 1.54) is 0 Å². The molecule has 0 fully saturated rings. The predicted octanol–water partition coefficient (Wildman–Crippen LogP) is 3.21. The van der Waals surface area contributed by atoms with E-state index in [1.54, 1.807) is 30.5 Å². The number of carbonyl (C=O) groups is 1. The molecule has 0 bridgehead atoms. The molecule has 0 aliphatic carbocycles. The van der Waals surface area contributed by atoms with Gasteiger partial charge in [-0.25, -0.2) is 4.79 Å². The van der Waals surface area contributed by atoms with Crippen LogP contribution in [-0.4, -0.2) is 33.9 Å². The zero-order valence-corrected chi connectivity index (χ0v) is 15.1. The van der Waals surface area contributed by atoms with Crippen molar-refractivity contribution >= 4 is 28.6 Å². The zero-order chi connectivity index (χ0) is 19.2. The first kappa shape index (κ1) is 19.1. The van der Waals surface area contributed by atoms with Gasteiger partial charge in [-0.2, -0.15) is 0 Å². The van der Waals surface area contributed by atoms with Gasteiger partial charge in [0.05, 0.1) is 10.5 Å². The van der Waals surface area contributed by atoms with Crippen LogP contribution in [0.2, 0.25) is 5.02 Å². The van der Waals surface area contributed by atoms with Crippen molar-refractivity contribution in [1.29, 1.82) is 0 Å². The molecule has 3 N–H and O–H groups in total. The van der Waals surface area contributed by atoms with Gasteiger partial charge in [-0.3, -0.25) is 4.98 Å². The van der Waals surface area contributed by atoms with Crippen LogP contribution in [0.15, 0.2) is 60.8 Å². The molecular formula is C20H19ClN2O4. The van der Waals surface area contributed by atoms with Gasteiger partial charge in [0.15, 0.2) is 0 Å². The molecule has 1 aromatic heterocycles. The van der Waals surface area contributed by atoms with Crippen molar-refractivity contribution in [3.05, 3.63) is 76.9 Å². The smallest absolute Gasteiger partial charge is 0.407 e. The number of rotatable bonds is 6. The van der Waals surface area contributed by atoms with E-state index in [-0.39, 0.29) is 13.2 Å². The molecule has 1 amide bonds. The van der Waals surface area contributed by atoms with Gasteiger partial charge in [0.25, 0.3) is 0 Å². The lowest BCUT2D eigenvalue weighted by molar-refractivity contribution is 0.0185. The van der Waals surface area contributed by atoms with Crippen LogP contribution in [0.25, 0.3) is 10.9 Å². The second kappa shape index (κ2) is 8.81. The maximum atomic E-state index is 11.7. The van der Waals surface area contributed by atoms with Crippen LogP contribution < -0.4 is 5.32 Å². The molecule has 140 valence electrons. The van der Waals surface area contributed by atoms with Crippen molar-refractivity contribution < 1.29 is 19.7 Å². The van der Waals surface area contributed by atoms with E-state index in [0.29, 0.717) is 16.1 Å². The van der Waals surface area contributed by atoms with Gasteiger partial charge in [-0.1, -0.05) is 54.1 Å². The minimum Gasteiger partial charge on any atom is -0.445 e. The Kier molecular flexibility index (Phi) is 6.24. The summed E-state index contributed by atoms with van der Waals surface area (Å²) in [6.45, 7) is -0.0295. The van der Waals surface area contributed by atoms with Gasteiger partial charge in [0.1, 0.15) is 18.8 Å². The number of carbonyl (C=O) groups excluding carboxylic acids is 1. The van der Waals surface area contributed by atoms with Crippen molar-refractivity contribution in [2.45, 2.75) is 18.8 Å². The fourth-order valence-corrected chi connectivity index (χ4v) is 2.83. The van der Waals surface area contributed by atoms with Gasteiger partial charge in [-0.15, -0.1) is 0 Å². The Morgan fingerprint density at radius 2 is 1.93 bits per heavy atom. The summed E-state index contributed by atoms with van der Waals surface area (Å²) in [5.41, 5.74) is 1.95. The normalized spacial score (nSPS) is 13.1. The van der Waals surface area contributed by atoms with Gasteiger partial charge in [0, 0.05) is 18.1 Å². The molecule has 0 aliphatic heterocycles. The molecule has 2 atom stereocenters. The van der Waals surface area contributed by atoms with Crippen LogP contribution in [0.1, 0.15) is 17.2 Å². The number of halogens is 1. The first-order chi connectivity index (χ1) is 13.0. The highest BCUT2D eigenvalue weighted by molar-refractivity contribution is 6.35. The van der Waals surface area contributed by atoms with E-state index in [2.05, 4.69) is 10.3 Å². The predicted molar refractivity (Wildman–Crippen MR) is 102 cm³/mol. The third kappa shape index (κ3) is 4.95. The molecule has 0 radical (unpaired) electrons. The number of hydrogen-bond donors (Lipinski definition) is 3. The number of benzene rings is 2. The second-order valence-electron chi connectivity index (χ2n) is 6.02. The summed E-state index contributed by atoms with van der Waals surface area (Å²) in [7, 11) is 0. The lowest BCUT2D eigenvalue weighted by Crippen LogP contribution is -2.35. The number of alkyl carbamates (subject to hydrolysis) is 1. The van der Waals surface area contributed by atoms with Crippen molar-refractivity contribution in [2.75, 3.05) is 6.54 Å². The molecule has 0 saturated heterocycles. The molecule has 0 saturated carbocycles. The molecule has 2 aromatic carbocycles. The first-order valence-electron chi connectivity index (χ1n) is 8.39. The number of hydrogen-bond acceptors (Lipinski definition) is 5. The molecule has 1 heterocycles. The molecule has 7 heteroatoms. The Hall–Kier alpha value is -2.67. The van der Waals surface area contributed by atoms with Crippen LogP contribution in [0, 0.1) is 0 Å². The van der Waals surface area contributed by atoms with Crippen LogP contribution >= 0.6 is 11.6 Å². The Bertz CT molecular complexity index is 920. The highest BCUT2D eigenvalue weighted by atomic mass is 35.5. The summed E-state index contributed by atoms with van der Waals surface area (Å²) in [6, 6.07) is 16.0. The van der Waals surface area contributed by atoms with E-state index in [9.17, 15) is 15.0 Å². The SMILES string of the molecule is O=C(NCC(O)C(O)c1ccc2c(Cl)ccnc2c1)OCc1ccccc1. The van der Waals surface area contributed by atoms with Crippen LogP contribution in [0.4, 0.5) is 4.79 Å². The van der Waals surface area contributed by atoms with E-state index in [0.717, 1.165) is 10.9 Å². The van der Waals surface area contributed by atoms with E-state index >= 15 is 0 Å². The van der Waals surface area contributed by atoms with Crippen LogP contribution in [0.5, 0.6) is 0 Å². The summed E-state index contributed by atoms with van der Waals surface area (Å²) in [5, 5.41) is 24.3. The lowest BCUT2D eigenvalue weighted by Gasteiger charge is -2.19. The summed E-state index contributed by atoms with van der Waals surface area (Å²) >= 11 is 6.10. The van der Waals surface area contributed by atoms with Gasteiger partial charge >= 0.3 is 6.09 Å². The fourth-order valence-electron chi connectivity index (χ4n) is 2.61. The molecular weight excluding hydrogens is 368 g/mol. The maximum absolute atomic E-state index is 11.7. The minimum atomic E-state index is -1.20. The highest BCUT2D eigenvalue weighted by Gasteiger charge is 2.20. The number of aliphatic hydroxyl groups excluding tert-OH is 2. The summed E-state index contributed by atoms with van der Waals surface area (Å²) in [5.74, 6) is 0. The van der Waals surface area contributed by atoms with E-state index in [4.69, 9.17) is 16.3 Å². The molecule has 2 unspecified atom stereocenters. The maximum Gasteiger partial charge on any atom is 0.407 e. The standard InChI is InChI=1S/C20H19ClN2O4/c21-16-8-9-22-17-10-14(6-7-15(16)17)19(25)18(24)11-23-20(26)27-12-13-4-2-1-3-5-13/h1-10,18-19,24-25H,11-12H2,(H,23,26). The third-order valence-electron chi connectivity index (χ3n) is 4.09. The average Bonchev–Trinajstić information content (AvgIpc) is 2.70. The number of fused-ring (bicyclic) bond motifs is 1. The molecule has 0 aliphatic rings. The number of amides is 1. The molecule has 6 nitrogen and oxygen atoms in total. The first-order valence-corrected chi connectivity index (χ1v) is 8.77. The molecule has 3 rings (SSSR count). The average molecular weight is 387 g/mol. The van der Waals surface area contributed by atoms with Gasteiger partial charge in [-0.05, 0) is 23.3 Å². The summed E-state index contributed by atoms with van der Waals surface area (Å²) in [4.78, 5) is 15.9. The largest absolute Gasteiger partial charge is 0.445 e. The third-order valence-corrected chi connectivity index (χ3v) is 4.42. The molecule has 3 aromatic rings. The van der Waals surface area contributed by atoms with Crippen molar-refractivity contribution in [3.63, 3.8) is 0 Å². The topological polar surface area (TPSA) is 91.7 Å².